The zero-order valence-corrected chi connectivity index (χ0v) is 17.3. The molecule has 1 aromatic carbocycles. The van der Waals surface area contributed by atoms with Crippen LogP contribution >= 0.6 is 11.8 Å². The monoisotopic (exact) mass is 369 g/mol. The molecule has 0 saturated heterocycles. The lowest BCUT2D eigenvalue weighted by Crippen LogP contribution is -2.56. The second-order valence-corrected chi connectivity index (χ2v) is 11.3. The van der Waals surface area contributed by atoms with Crippen LogP contribution in [-0.2, 0) is 4.74 Å². The molecule has 4 saturated carbocycles. The highest BCUT2D eigenvalue weighted by molar-refractivity contribution is 8.04. The third-order valence-corrected chi connectivity index (χ3v) is 9.18. The van der Waals surface area contributed by atoms with Crippen molar-refractivity contribution in [1.82, 2.24) is 0 Å². The fourth-order valence-corrected chi connectivity index (χ4v) is 7.79. The largest absolute Gasteiger partial charge is 0.460 e. The molecule has 0 unspecified atom stereocenters. The number of nitrogens with zero attached hydrogens (tertiary/aromatic N) is 1. The Morgan fingerprint density at radius 2 is 1.54 bits per heavy atom. The van der Waals surface area contributed by atoms with E-state index in [4.69, 9.17) is 4.74 Å². The summed E-state index contributed by atoms with van der Waals surface area (Å²) in [6.07, 6.45) is 7.04. The maximum absolute atomic E-state index is 7.05. The number of hydrogen-bond donors (Lipinski definition) is 0. The molecule has 0 N–H and O–H groups in total. The maximum atomic E-state index is 7.05. The van der Waals surface area contributed by atoms with Crippen LogP contribution in [0.3, 0.4) is 0 Å². The van der Waals surface area contributed by atoms with Gasteiger partial charge in [0.25, 0.3) is 0 Å². The smallest absolute Gasteiger partial charge is 0.205 e. The predicted molar refractivity (Wildman–Crippen MR) is 110 cm³/mol. The number of rotatable bonds is 2. The van der Waals surface area contributed by atoms with E-state index in [2.05, 4.69) is 74.8 Å². The highest BCUT2D eigenvalue weighted by Crippen LogP contribution is 2.68. The van der Waals surface area contributed by atoms with Crippen molar-refractivity contribution in [1.29, 1.82) is 0 Å². The van der Waals surface area contributed by atoms with Crippen molar-refractivity contribution < 1.29 is 4.74 Å². The molecule has 4 aliphatic carbocycles. The summed E-state index contributed by atoms with van der Waals surface area (Å²) in [5.74, 6) is 4.54. The Hall–Kier alpha value is -1.09. The highest BCUT2D eigenvalue weighted by atomic mass is 32.2. The van der Waals surface area contributed by atoms with Gasteiger partial charge in [0.05, 0.1) is 4.91 Å². The summed E-state index contributed by atoms with van der Waals surface area (Å²) in [7, 11) is 2.17. The molecule has 0 aromatic heterocycles. The van der Waals surface area contributed by atoms with Gasteiger partial charge in [0.1, 0.15) is 0 Å². The molecule has 0 amide bonds. The molecule has 4 fully saturated rings. The summed E-state index contributed by atoms with van der Waals surface area (Å²) in [5, 5.41) is 0. The molecular formula is C23H31NOS. The zero-order valence-electron chi connectivity index (χ0n) is 16.5. The van der Waals surface area contributed by atoms with Crippen LogP contribution in [0, 0.1) is 29.1 Å². The first-order valence-corrected chi connectivity index (χ1v) is 11.1. The Morgan fingerprint density at radius 3 is 2.08 bits per heavy atom. The van der Waals surface area contributed by atoms with Gasteiger partial charge in [0.2, 0.25) is 5.88 Å². The Labute approximate surface area is 162 Å². The van der Waals surface area contributed by atoms with Crippen LogP contribution in [0.15, 0.2) is 41.1 Å². The van der Waals surface area contributed by atoms with Gasteiger partial charge in [-0.1, -0.05) is 50.7 Å². The minimum atomic E-state index is 0.00834. The topological polar surface area (TPSA) is 12.5 Å². The zero-order chi connectivity index (χ0) is 18.1. The number of allylic oxidation sites excluding steroid dienone is 1. The molecule has 1 aromatic rings. The van der Waals surface area contributed by atoms with E-state index in [1.165, 1.54) is 42.7 Å². The Bertz CT molecular complexity index is 704. The summed E-state index contributed by atoms with van der Waals surface area (Å²) in [6.45, 7) is 7.02. The van der Waals surface area contributed by atoms with Crippen molar-refractivity contribution >= 4 is 17.4 Å². The predicted octanol–water partition coefficient (Wildman–Crippen LogP) is 6.25. The Morgan fingerprint density at radius 1 is 0.962 bits per heavy atom. The lowest BCUT2D eigenvalue weighted by molar-refractivity contribution is -0.125. The van der Waals surface area contributed by atoms with E-state index in [1.54, 1.807) is 0 Å². The van der Waals surface area contributed by atoms with Gasteiger partial charge in [-0.25, -0.2) is 0 Å². The first-order chi connectivity index (χ1) is 12.4. The van der Waals surface area contributed by atoms with Gasteiger partial charge < -0.3 is 9.64 Å². The number of para-hydroxylation sites is 1. The van der Waals surface area contributed by atoms with E-state index in [0.29, 0.717) is 0 Å². The number of ether oxygens (including phenoxy) is 1. The van der Waals surface area contributed by atoms with E-state index in [1.807, 2.05) is 0 Å². The lowest BCUT2D eigenvalue weighted by Gasteiger charge is -2.58. The summed E-state index contributed by atoms with van der Waals surface area (Å²) in [6, 6.07) is 10.7. The van der Waals surface area contributed by atoms with E-state index in [0.717, 1.165) is 29.6 Å². The normalized spacial score (nSPS) is 38.2. The Balaban J connectivity index is 1.53. The second kappa shape index (κ2) is 5.70. The second-order valence-electron chi connectivity index (χ2n) is 10.0. The van der Waals surface area contributed by atoms with Crippen LogP contribution < -0.4 is 4.90 Å². The van der Waals surface area contributed by atoms with Gasteiger partial charge in [-0.2, -0.15) is 0 Å². The van der Waals surface area contributed by atoms with Gasteiger partial charge in [0, 0.05) is 24.6 Å². The minimum absolute atomic E-state index is 0.00834. The highest BCUT2D eigenvalue weighted by Gasteiger charge is 2.63. The fourth-order valence-electron chi connectivity index (χ4n) is 6.06. The average molecular weight is 370 g/mol. The van der Waals surface area contributed by atoms with Crippen LogP contribution in [0.2, 0.25) is 0 Å². The van der Waals surface area contributed by atoms with Gasteiger partial charge in [-0.3, -0.25) is 0 Å². The van der Waals surface area contributed by atoms with Crippen LogP contribution in [0.25, 0.3) is 0 Å². The van der Waals surface area contributed by atoms with E-state index < -0.39 is 0 Å². The van der Waals surface area contributed by atoms with Crippen LogP contribution in [0.1, 0.15) is 52.9 Å². The molecule has 5 aliphatic rings. The minimum Gasteiger partial charge on any atom is -0.460 e. The number of hydrogen-bond acceptors (Lipinski definition) is 3. The first kappa shape index (κ1) is 17.0. The van der Waals surface area contributed by atoms with Gasteiger partial charge >= 0.3 is 0 Å². The number of anilines is 1. The van der Waals surface area contributed by atoms with Crippen LogP contribution in [-0.4, -0.2) is 12.0 Å². The van der Waals surface area contributed by atoms with Crippen molar-refractivity contribution in [2.75, 3.05) is 11.9 Å². The van der Waals surface area contributed by atoms with Crippen LogP contribution in [0.4, 0.5) is 5.69 Å². The third-order valence-electron chi connectivity index (χ3n) is 7.12. The number of benzene rings is 1. The molecule has 1 heterocycles. The molecular weight excluding hydrogens is 338 g/mol. The van der Waals surface area contributed by atoms with Crippen molar-refractivity contribution in [2.24, 2.45) is 29.1 Å². The molecule has 2 nitrogen and oxygen atoms in total. The SMILES string of the molecule is CN(C1=C(C(C)(C)C)SC2(O1)C1CC3CC(C1)CC2C3)c1ccccc1. The van der Waals surface area contributed by atoms with E-state index in [-0.39, 0.29) is 10.3 Å². The van der Waals surface area contributed by atoms with Crippen molar-refractivity contribution in [3.05, 3.63) is 41.1 Å². The molecule has 3 heteroatoms. The fraction of sp³-hybridized carbons (Fsp3) is 0.652. The summed E-state index contributed by atoms with van der Waals surface area (Å²) < 4.78 is 7.05. The summed E-state index contributed by atoms with van der Waals surface area (Å²) in [4.78, 5) is 3.73. The molecule has 0 radical (unpaired) electrons. The van der Waals surface area contributed by atoms with Crippen molar-refractivity contribution in [2.45, 2.75) is 57.8 Å². The summed E-state index contributed by atoms with van der Waals surface area (Å²) >= 11 is 2.10. The molecule has 1 aliphatic heterocycles. The Kier molecular flexibility index (Phi) is 3.74. The molecule has 1 spiro atoms. The van der Waals surface area contributed by atoms with Crippen molar-refractivity contribution in [3.8, 4) is 0 Å². The first-order valence-electron chi connectivity index (χ1n) is 10.3. The average Bonchev–Trinajstić information content (AvgIpc) is 3.01. The molecule has 4 bridgehead atoms. The third kappa shape index (κ3) is 2.46. The standard InChI is InChI=1S/C23H31NOS/c1-22(2,3)20-21(24(4)19-8-6-5-7-9-19)25-23(26-20)17-11-15-10-16(13-17)14-18(23)12-15/h5-9,15-18H,10-14H2,1-4H3. The van der Waals surface area contributed by atoms with Gasteiger partial charge in [-0.05, 0) is 61.5 Å². The van der Waals surface area contributed by atoms with E-state index >= 15 is 0 Å². The number of thioether (sulfide) groups is 1. The quantitative estimate of drug-likeness (QED) is 0.611. The molecule has 6 rings (SSSR count). The lowest BCUT2D eigenvalue weighted by atomic mass is 9.54. The maximum Gasteiger partial charge on any atom is 0.205 e. The molecule has 140 valence electrons. The van der Waals surface area contributed by atoms with Gasteiger partial charge in [-0.15, -0.1) is 0 Å². The van der Waals surface area contributed by atoms with Gasteiger partial charge in [0.15, 0.2) is 4.93 Å². The summed E-state index contributed by atoms with van der Waals surface area (Å²) in [5.41, 5.74) is 1.33. The molecule has 26 heavy (non-hydrogen) atoms. The van der Waals surface area contributed by atoms with Crippen molar-refractivity contribution in [3.63, 3.8) is 0 Å². The molecule has 0 atom stereocenters. The van der Waals surface area contributed by atoms with Crippen LogP contribution in [0.5, 0.6) is 0 Å². The van der Waals surface area contributed by atoms with E-state index in [9.17, 15) is 0 Å².